The van der Waals surface area contributed by atoms with E-state index in [0.29, 0.717) is 13.0 Å². The van der Waals surface area contributed by atoms with Crippen molar-refractivity contribution in [2.24, 2.45) is 0 Å². The summed E-state index contributed by atoms with van der Waals surface area (Å²) >= 11 is 1.56. The second-order valence-corrected chi connectivity index (χ2v) is 8.14. The number of carboxylic acid groups (broad SMARTS) is 1. The van der Waals surface area contributed by atoms with Crippen LogP contribution in [-0.2, 0) is 4.79 Å². The van der Waals surface area contributed by atoms with Crippen molar-refractivity contribution >= 4 is 29.4 Å². The average molecular weight is 391 g/mol. The summed E-state index contributed by atoms with van der Waals surface area (Å²) in [5, 5.41) is 23.7. The van der Waals surface area contributed by atoms with Crippen molar-refractivity contribution in [1.82, 2.24) is 10.2 Å². The van der Waals surface area contributed by atoms with E-state index in [1.54, 1.807) is 11.8 Å². The van der Waals surface area contributed by atoms with E-state index in [1.807, 2.05) is 43.0 Å². The lowest BCUT2D eigenvalue weighted by atomic mass is 9.85. The number of hydrogen-bond acceptors (Lipinski definition) is 5. The summed E-state index contributed by atoms with van der Waals surface area (Å²) in [5.41, 5.74) is 0.724. The number of nitrogens with zero attached hydrogens (tertiary/aromatic N) is 2. The summed E-state index contributed by atoms with van der Waals surface area (Å²) in [6.07, 6.45) is 1.95. The fourth-order valence-corrected chi connectivity index (χ4v) is 4.07. The molecule has 0 spiro atoms. The number of nitriles is 1. The third-order valence-electron chi connectivity index (χ3n) is 4.55. The van der Waals surface area contributed by atoms with Gasteiger partial charge in [-0.05, 0) is 31.5 Å². The number of para-hydroxylation sites is 1. The number of amides is 2. The first-order valence-corrected chi connectivity index (χ1v) is 9.96. The predicted molar refractivity (Wildman–Crippen MR) is 106 cm³/mol. The first kappa shape index (κ1) is 21.1. The Morgan fingerprint density at radius 3 is 2.74 bits per heavy atom. The lowest BCUT2D eigenvalue weighted by molar-refractivity contribution is -0.139. The fraction of sp³-hybridized carbons (Fsp3) is 0.526. The molecule has 1 aromatic rings. The van der Waals surface area contributed by atoms with Gasteiger partial charge in [0.1, 0.15) is 0 Å². The summed E-state index contributed by atoms with van der Waals surface area (Å²) < 4.78 is 0. The summed E-state index contributed by atoms with van der Waals surface area (Å²) in [5.74, 6) is -0.828. The van der Waals surface area contributed by atoms with E-state index in [0.717, 1.165) is 23.4 Å². The van der Waals surface area contributed by atoms with Crippen molar-refractivity contribution in [3.63, 3.8) is 0 Å². The third-order valence-corrected chi connectivity index (χ3v) is 5.73. The maximum Gasteiger partial charge on any atom is 0.319 e. The molecule has 1 unspecified atom stereocenters. The Labute approximate surface area is 164 Å². The number of carbonyl (C=O) groups excluding carboxylic acids is 1. The average Bonchev–Trinajstić information content (AvgIpc) is 2.57. The van der Waals surface area contributed by atoms with E-state index in [2.05, 4.69) is 16.7 Å². The van der Waals surface area contributed by atoms with Crippen molar-refractivity contribution in [3.8, 4) is 6.07 Å². The molecule has 0 heterocycles. The van der Waals surface area contributed by atoms with E-state index in [9.17, 15) is 9.59 Å². The number of likely N-dealkylation sites (N-methyl/N-ethyl adjacent to an activating group) is 1. The molecular formula is C19H26N4O3S. The van der Waals surface area contributed by atoms with Crippen molar-refractivity contribution in [2.45, 2.75) is 55.3 Å². The van der Waals surface area contributed by atoms with Gasteiger partial charge in [0.2, 0.25) is 0 Å². The molecule has 1 aliphatic rings. The zero-order chi connectivity index (χ0) is 19.8. The quantitative estimate of drug-likeness (QED) is 0.560. The molecule has 0 aromatic heterocycles. The van der Waals surface area contributed by atoms with Gasteiger partial charge in [0.15, 0.2) is 0 Å². The van der Waals surface area contributed by atoms with Gasteiger partial charge in [-0.15, -0.1) is 11.8 Å². The molecule has 1 aliphatic carbocycles. The van der Waals surface area contributed by atoms with Crippen LogP contribution in [0.4, 0.5) is 10.5 Å². The van der Waals surface area contributed by atoms with Gasteiger partial charge < -0.3 is 15.7 Å². The smallest absolute Gasteiger partial charge is 0.319 e. The molecule has 1 aromatic carbocycles. The number of carbonyl (C=O) groups is 2. The zero-order valence-corrected chi connectivity index (χ0v) is 16.5. The molecule has 27 heavy (non-hydrogen) atoms. The van der Waals surface area contributed by atoms with Crippen LogP contribution >= 0.6 is 11.8 Å². The van der Waals surface area contributed by atoms with Gasteiger partial charge in [-0.3, -0.25) is 9.69 Å². The van der Waals surface area contributed by atoms with Gasteiger partial charge >= 0.3 is 12.0 Å². The molecule has 1 fully saturated rings. The first-order chi connectivity index (χ1) is 12.9. The Morgan fingerprint density at radius 2 is 2.11 bits per heavy atom. The molecule has 0 bridgehead atoms. The molecule has 0 saturated heterocycles. The van der Waals surface area contributed by atoms with Crippen LogP contribution in [0.15, 0.2) is 29.2 Å². The largest absolute Gasteiger partial charge is 0.480 e. The second kappa shape index (κ2) is 10.2. The highest BCUT2D eigenvalue weighted by molar-refractivity contribution is 8.00. The Hall–Kier alpha value is -2.24. The van der Waals surface area contributed by atoms with Gasteiger partial charge in [-0.1, -0.05) is 26.0 Å². The van der Waals surface area contributed by atoms with Gasteiger partial charge in [-0.2, -0.15) is 5.26 Å². The van der Waals surface area contributed by atoms with Gasteiger partial charge in [0, 0.05) is 28.6 Å². The van der Waals surface area contributed by atoms with E-state index in [-0.39, 0.29) is 29.9 Å². The van der Waals surface area contributed by atoms with E-state index >= 15 is 0 Å². The van der Waals surface area contributed by atoms with Crippen LogP contribution in [0.2, 0.25) is 0 Å². The van der Waals surface area contributed by atoms with Gasteiger partial charge in [0.25, 0.3) is 0 Å². The van der Waals surface area contributed by atoms with Crippen LogP contribution < -0.4 is 10.6 Å². The first-order valence-electron chi connectivity index (χ1n) is 9.08. The number of hydrogen-bond donors (Lipinski definition) is 3. The predicted octanol–water partition coefficient (Wildman–Crippen LogP) is 3.14. The summed E-state index contributed by atoms with van der Waals surface area (Å²) in [6.45, 7) is 4.64. The maximum atomic E-state index is 12.3. The summed E-state index contributed by atoms with van der Waals surface area (Å²) in [6, 6.07) is 9.68. The van der Waals surface area contributed by atoms with Crippen molar-refractivity contribution in [1.29, 1.82) is 5.26 Å². The van der Waals surface area contributed by atoms with Crippen LogP contribution in [0.5, 0.6) is 0 Å². The van der Waals surface area contributed by atoms with Crippen LogP contribution in [-0.4, -0.2) is 52.4 Å². The molecule has 1 atom stereocenters. The van der Waals surface area contributed by atoms with Crippen LogP contribution in [0.1, 0.15) is 33.1 Å². The molecule has 7 nitrogen and oxygen atoms in total. The molecule has 8 heteroatoms. The fourth-order valence-electron chi connectivity index (χ4n) is 3.08. The van der Waals surface area contributed by atoms with E-state index in [4.69, 9.17) is 10.4 Å². The van der Waals surface area contributed by atoms with Gasteiger partial charge in [0.05, 0.1) is 18.3 Å². The summed E-state index contributed by atoms with van der Waals surface area (Å²) in [4.78, 5) is 26.0. The molecule has 1 saturated carbocycles. The Morgan fingerprint density at radius 1 is 1.41 bits per heavy atom. The highest BCUT2D eigenvalue weighted by atomic mass is 32.2. The number of aliphatic carboxylic acids is 1. The number of thioether (sulfide) groups is 1. The van der Waals surface area contributed by atoms with Crippen LogP contribution in [0.25, 0.3) is 0 Å². The van der Waals surface area contributed by atoms with Gasteiger partial charge in [-0.25, -0.2) is 4.79 Å². The number of rotatable bonds is 9. The molecule has 0 aliphatic heterocycles. The minimum Gasteiger partial charge on any atom is -0.480 e. The Balaban J connectivity index is 1.84. The minimum absolute atomic E-state index is 0.0333. The normalized spacial score (nSPS) is 19.6. The Bertz CT molecular complexity index is 700. The molecule has 0 radical (unpaired) electrons. The number of benzene rings is 1. The van der Waals surface area contributed by atoms with Crippen molar-refractivity contribution < 1.29 is 14.7 Å². The monoisotopic (exact) mass is 390 g/mol. The zero-order valence-electron chi connectivity index (χ0n) is 15.6. The SMILES string of the molecule is CCN(CC(=O)O)C1CC(NC(=O)Nc2ccccc2SC(C)CC#N)C1. The lowest BCUT2D eigenvalue weighted by Crippen LogP contribution is -2.55. The molecule has 3 N–H and O–H groups in total. The molecule has 2 amide bonds. The number of urea groups is 1. The molecular weight excluding hydrogens is 364 g/mol. The standard InChI is InChI=1S/C19H26N4O3S/c1-3-23(12-18(24)25)15-10-14(11-15)21-19(26)22-16-6-4-5-7-17(16)27-13(2)8-9-20/h4-7,13-15H,3,8,10-12H2,1-2H3,(H,24,25)(H2,21,22,26). The number of anilines is 1. The molecule has 2 rings (SSSR count). The topological polar surface area (TPSA) is 105 Å². The van der Waals surface area contributed by atoms with Crippen molar-refractivity contribution in [3.05, 3.63) is 24.3 Å². The van der Waals surface area contributed by atoms with Crippen LogP contribution in [0.3, 0.4) is 0 Å². The number of carboxylic acids is 1. The minimum atomic E-state index is -0.828. The highest BCUT2D eigenvalue weighted by Crippen LogP contribution is 2.31. The summed E-state index contributed by atoms with van der Waals surface area (Å²) in [7, 11) is 0. The number of nitrogens with one attached hydrogen (secondary N) is 2. The highest BCUT2D eigenvalue weighted by Gasteiger charge is 2.34. The lowest BCUT2D eigenvalue weighted by Gasteiger charge is -2.42. The maximum absolute atomic E-state index is 12.3. The van der Waals surface area contributed by atoms with E-state index < -0.39 is 5.97 Å². The Kier molecular flexibility index (Phi) is 7.95. The molecule has 146 valence electrons. The van der Waals surface area contributed by atoms with E-state index in [1.165, 1.54) is 0 Å². The second-order valence-electron chi connectivity index (χ2n) is 6.66. The third kappa shape index (κ3) is 6.45. The van der Waals surface area contributed by atoms with Crippen LogP contribution in [0, 0.1) is 11.3 Å². The van der Waals surface area contributed by atoms with Crippen molar-refractivity contribution in [2.75, 3.05) is 18.4 Å².